The van der Waals surface area contributed by atoms with E-state index in [1.54, 1.807) is 11.3 Å². The number of thiophene rings is 1. The van der Waals surface area contributed by atoms with Crippen LogP contribution in [0.25, 0.3) is 0 Å². The molecule has 1 aliphatic rings. The largest absolute Gasteiger partial charge is 0.481 e. The first-order valence-electron chi connectivity index (χ1n) is 5.62. The third-order valence-corrected chi connectivity index (χ3v) is 4.96. The molecule has 1 N–H and O–H groups in total. The van der Waals surface area contributed by atoms with Crippen molar-refractivity contribution in [3.05, 3.63) is 20.8 Å². The van der Waals surface area contributed by atoms with Gasteiger partial charge in [0, 0.05) is 4.88 Å². The molecule has 0 radical (unpaired) electrons. The van der Waals surface area contributed by atoms with Crippen molar-refractivity contribution in [3.63, 3.8) is 0 Å². The number of hydrogen-bond acceptors (Lipinski definition) is 2. The summed E-state index contributed by atoms with van der Waals surface area (Å²) in [5, 5.41) is 8.91. The molecular weight excluding hydrogens is 288 g/mol. The maximum atomic E-state index is 10.8. The van der Waals surface area contributed by atoms with Gasteiger partial charge in [-0.1, -0.05) is 0 Å². The van der Waals surface area contributed by atoms with Gasteiger partial charge in [0.25, 0.3) is 0 Å². The van der Waals surface area contributed by atoms with Crippen LogP contribution in [0.15, 0.2) is 15.9 Å². The summed E-state index contributed by atoms with van der Waals surface area (Å²) in [5.41, 5.74) is 0. The monoisotopic (exact) mass is 302 g/mol. The van der Waals surface area contributed by atoms with Crippen molar-refractivity contribution < 1.29 is 9.90 Å². The van der Waals surface area contributed by atoms with E-state index in [0.717, 1.165) is 32.1 Å². The molecule has 1 aromatic heterocycles. The molecule has 1 aromatic rings. The highest BCUT2D eigenvalue weighted by Gasteiger charge is 2.26. The Labute approximate surface area is 108 Å². The van der Waals surface area contributed by atoms with Crippen LogP contribution in [-0.4, -0.2) is 11.1 Å². The average Bonchev–Trinajstić information content (AvgIpc) is 2.65. The number of aliphatic carboxylic acids is 1. The molecule has 16 heavy (non-hydrogen) atoms. The van der Waals surface area contributed by atoms with E-state index in [1.807, 2.05) is 0 Å². The summed E-state index contributed by atoms with van der Waals surface area (Å²) in [7, 11) is 0. The van der Waals surface area contributed by atoms with Crippen LogP contribution < -0.4 is 0 Å². The van der Waals surface area contributed by atoms with E-state index in [0.29, 0.717) is 5.92 Å². The number of carbonyl (C=O) groups is 1. The van der Waals surface area contributed by atoms with Gasteiger partial charge in [-0.2, -0.15) is 0 Å². The molecule has 0 atom stereocenters. The van der Waals surface area contributed by atoms with Crippen molar-refractivity contribution in [2.24, 2.45) is 11.8 Å². The quantitative estimate of drug-likeness (QED) is 0.918. The minimum Gasteiger partial charge on any atom is -0.481 e. The molecule has 0 spiro atoms. The van der Waals surface area contributed by atoms with Crippen molar-refractivity contribution in [2.75, 3.05) is 0 Å². The van der Waals surface area contributed by atoms with E-state index in [-0.39, 0.29) is 5.92 Å². The fourth-order valence-corrected chi connectivity index (χ4v) is 3.96. The molecule has 0 amide bonds. The lowest BCUT2D eigenvalue weighted by Crippen LogP contribution is -2.22. The van der Waals surface area contributed by atoms with E-state index in [9.17, 15) is 4.79 Å². The molecule has 2 nitrogen and oxygen atoms in total. The Hall–Kier alpha value is -0.350. The number of halogens is 1. The minimum atomic E-state index is -0.614. The summed E-state index contributed by atoms with van der Waals surface area (Å²) >= 11 is 5.26. The lowest BCUT2D eigenvalue weighted by molar-refractivity contribution is -0.143. The second-order valence-electron chi connectivity index (χ2n) is 4.47. The Morgan fingerprint density at radius 3 is 2.56 bits per heavy atom. The molecule has 88 valence electrons. The zero-order valence-corrected chi connectivity index (χ0v) is 11.4. The summed E-state index contributed by atoms with van der Waals surface area (Å²) in [6.07, 6.45) is 4.95. The average molecular weight is 303 g/mol. The predicted octanol–water partition coefficient (Wildman–Crippen LogP) is 3.94. The van der Waals surface area contributed by atoms with Crippen molar-refractivity contribution in [1.82, 2.24) is 0 Å². The van der Waals surface area contributed by atoms with Crippen molar-refractivity contribution in [1.29, 1.82) is 0 Å². The van der Waals surface area contributed by atoms with Gasteiger partial charge in [0.05, 0.1) is 9.70 Å². The lowest BCUT2D eigenvalue weighted by Gasteiger charge is -2.25. The van der Waals surface area contributed by atoms with Gasteiger partial charge in [0.15, 0.2) is 0 Å². The number of carboxylic acid groups (broad SMARTS) is 1. The SMILES string of the molecule is O=C(O)C1CCC(Cc2ccc(Br)s2)CC1. The maximum absolute atomic E-state index is 10.8. The highest BCUT2D eigenvalue weighted by molar-refractivity contribution is 9.11. The molecule has 1 heterocycles. The highest BCUT2D eigenvalue weighted by Crippen LogP contribution is 2.33. The van der Waals surface area contributed by atoms with Crippen LogP contribution in [0.3, 0.4) is 0 Å². The van der Waals surface area contributed by atoms with Gasteiger partial charge in [-0.3, -0.25) is 4.79 Å². The topological polar surface area (TPSA) is 37.3 Å². The van der Waals surface area contributed by atoms with Gasteiger partial charge in [0.2, 0.25) is 0 Å². The smallest absolute Gasteiger partial charge is 0.306 e. The molecular formula is C12H15BrO2S. The zero-order valence-electron chi connectivity index (χ0n) is 8.99. The molecule has 0 saturated heterocycles. The first kappa shape index (κ1) is 12.1. The van der Waals surface area contributed by atoms with Crippen molar-refractivity contribution in [2.45, 2.75) is 32.1 Å². The third kappa shape index (κ3) is 3.08. The van der Waals surface area contributed by atoms with E-state index >= 15 is 0 Å². The Bertz CT molecular complexity index is 367. The fourth-order valence-electron chi connectivity index (χ4n) is 2.36. The molecule has 0 bridgehead atoms. The second kappa shape index (κ2) is 5.32. The summed E-state index contributed by atoms with van der Waals surface area (Å²) < 4.78 is 1.18. The number of hydrogen-bond donors (Lipinski definition) is 1. The van der Waals surface area contributed by atoms with E-state index < -0.39 is 5.97 Å². The zero-order chi connectivity index (χ0) is 11.5. The molecule has 0 unspecified atom stereocenters. The van der Waals surface area contributed by atoms with Gasteiger partial charge in [-0.15, -0.1) is 11.3 Å². The minimum absolute atomic E-state index is 0.0914. The maximum Gasteiger partial charge on any atom is 0.306 e. The van der Waals surface area contributed by atoms with Gasteiger partial charge in [-0.05, 0) is 66.1 Å². The van der Waals surface area contributed by atoms with Gasteiger partial charge >= 0.3 is 5.97 Å². The Kier molecular flexibility index (Phi) is 4.03. The molecule has 4 heteroatoms. The molecule has 0 aromatic carbocycles. The fraction of sp³-hybridized carbons (Fsp3) is 0.583. The normalized spacial score (nSPS) is 25.6. The van der Waals surface area contributed by atoms with Crippen molar-refractivity contribution in [3.8, 4) is 0 Å². The molecule has 1 fully saturated rings. The Balaban J connectivity index is 1.83. The van der Waals surface area contributed by atoms with Crippen LogP contribution in [0.5, 0.6) is 0 Å². The molecule has 1 saturated carbocycles. The van der Waals surface area contributed by atoms with E-state index in [4.69, 9.17) is 5.11 Å². The summed E-state index contributed by atoms with van der Waals surface area (Å²) in [6.45, 7) is 0. The predicted molar refractivity (Wildman–Crippen MR) is 68.8 cm³/mol. The molecule has 1 aliphatic carbocycles. The van der Waals surface area contributed by atoms with E-state index in [1.165, 1.54) is 8.66 Å². The van der Waals surface area contributed by atoms with Crippen LogP contribution in [0.4, 0.5) is 0 Å². The highest BCUT2D eigenvalue weighted by atomic mass is 79.9. The van der Waals surface area contributed by atoms with Crippen LogP contribution in [0.1, 0.15) is 30.6 Å². The van der Waals surface area contributed by atoms with Crippen LogP contribution in [0, 0.1) is 11.8 Å². The third-order valence-electron chi connectivity index (χ3n) is 3.31. The molecule has 0 aliphatic heterocycles. The Morgan fingerprint density at radius 1 is 1.38 bits per heavy atom. The second-order valence-corrected chi connectivity index (χ2v) is 7.01. The summed E-state index contributed by atoms with van der Waals surface area (Å²) in [4.78, 5) is 12.2. The van der Waals surface area contributed by atoms with Crippen molar-refractivity contribution >= 4 is 33.2 Å². The van der Waals surface area contributed by atoms with Crippen LogP contribution in [-0.2, 0) is 11.2 Å². The first-order chi connectivity index (χ1) is 7.65. The summed E-state index contributed by atoms with van der Waals surface area (Å²) in [6, 6.07) is 4.25. The number of carboxylic acids is 1. The van der Waals surface area contributed by atoms with Crippen LogP contribution >= 0.6 is 27.3 Å². The first-order valence-corrected chi connectivity index (χ1v) is 7.23. The van der Waals surface area contributed by atoms with Gasteiger partial charge in [0.1, 0.15) is 0 Å². The Morgan fingerprint density at radius 2 is 2.06 bits per heavy atom. The lowest BCUT2D eigenvalue weighted by atomic mass is 9.80. The van der Waals surface area contributed by atoms with Crippen LogP contribution in [0.2, 0.25) is 0 Å². The molecule has 2 rings (SSSR count). The summed E-state index contributed by atoms with van der Waals surface area (Å²) in [5.74, 6) is -0.0233. The van der Waals surface area contributed by atoms with Gasteiger partial charge < -0.3 is 5.11 Å². The van der Waals surface area contributed by atoms with E-state index in [2.05, 4.69) is 28.1 Å². The number of rotatable bonds is 3. The standard InChI is InChI=1S/C12H15BrO2S/c13-11-6-5-10(16-11)7-8-1-3-9(4-2-8)12(14)15/h5-6,8-9H,1-4,7H2,(H,14,15). The van der Waals surface area contributed by atoms with Gasteiger partial charge in [-0.25, -0.2) is 0 Å².